The third kappa shape index (κ3) is 4.40. The van der Waals surface area contributed by atoms with Gasteiger partial charge >= 0.3 is 0 Å². The van der Waals surface area contributed by atoms with Crippen LogP contribution in [-0.4, -0.2) is 32.6 Å². The highest BCUT2D eigenvalue weighted by Crippen LogP contribution is 2.24. The van der Waals surface area contributed by atoms with E-state index in [0.717, 1.165) is 17.9 Å². The number of nitrogens with zero attached hydrogens (tertiary/aromatic N) is 4. The maximum atomic E-state index is 11.9. The number of thioether (sulfide) groups is 1. The summed E-state index contributed by atoms with van der Waals surface area (Å²) in [5.41, 5.74) is 4.66. The van der Waals surface area contributed by atoms with Gasteiger partial charge in [0.05, 0.1) is 18.2 Å². The first-order valence-corrected chi connectivity index (χ1v) is 9.14. The van der Waals surface area contributed by atoms with E-state index in [2.05, 4.69) is 20.7 Å². The molecule has 1 N–H and O–H groups in total. The van der Waals surface area contributed by atoms with E-state index < -0.39 is 0 Å². The summed E-state index contributed by atoms with van der Waals surface area (Å²) < 4.78 is 7.09. The lowest BCUT2D eigenvalue weighted by molar-refractivity contribution is -0.118. The highest BCUT2D eigenvalue weighted by Gasteiger charge is 2.14. The van der Waals surface area contributed by atoms with Crippen LogP contribution in [-0.2, 0) is 11.3 Å². The largest absolute Gasteiger partial charge is 0.463 e. The van der Waals surface area contributed by atoms with Crippen molar-refractivity contribution in [2.45, 2.75) is 25.5 Å². The second-order valence-corrected chi connectivity index (χ2v) is 6.46. The molecule has 0 atom stereocenters. The Kier molecular flexibility index (Phi) is 5.85. The summed E-state index contributed by atoms with van der Waals surface area (Å²) in [4.78, 5) is 11.9. The maximum Gasteiger partial charge on any atom is 0.250 e. The summed E-state index contributed by atoms with van der Waals surface area (Å²) in [5.74, 6) is 1.35. The van der Waals surface area contributed by atoms with Crippen molar-refractivity contribution < 1.29 is 9.21 Å². The molecule has 0 saturated heterocycles. The number of hydrogen-bond acceptors (Lipinski definition) is 6. The van der Waals surface area contributed by atoms with Gasteiger partial charge in [0.25, 0.3) is 5.91 Å². The number of furan rings is 1. The molecule has 134 valence electrons. The molecule has 0 aliphatic rings. The molecule has 0 bridgehead atoms. The summed E-state index contributed by atoms with van der Waals surface area (Å²) in [6.07, 6.45) is 2.99. The number of rotatable bonds is 7. The summed E-state index contributed by atoms with van der Waals surface area (Å²) in [7, 11) is 0. The minimum absolute atomic E-state index is 0.196. The molecular weight excluding hydrogens is 350 g/mol. The molecule has 2 heterocycles. The van der Waals surface area contributed by atoms with E-state index in [1.807, 2.05) is 42.7 Å². The van der Waals surface area contributed by atoms with Gasteiger partial charge in [0.1, 0.15) is 5.76 Å². The standard InChI is InChI=1S/C18H19N5O2S/c1-3-23-17(14-8-6-13(2)7-9-14)21-22-18(23)26-12-16(24)20-19-11-15-5-4-10-25-15/h4-11H,3,12H2,1-2H3,(H,20,24)/b19-11-. The van der Waals surface area contributed by atoms with Gasteiger partial charge in [-0.25, -0.2) is 5.43 Å². The van der Waals surface area contributed by atoms with Crippen LogP contribution in [0.3, 0.4) is 0 Å². The topological polar surface area (TPSA) is 85.3 Å². The first-order valence-electron chi connectivity index (χ1n) is 8.16. The lowest BCUT2D eigenvalue weighted by Crippen LogP contribution is -2.20. The fourth-order valence-electron chi connectivity index (χ4n) is 2.29. The Labute approximate surface area is 155 Å². The Morgan fingerprint density at radius 1 is 1.31 bits per heavy atom. The van der Waals surface area contributed by atoms with E-state index in [9.17, 15) is 4.79 Å². The number of aryl methyl sites for hydroxylation is 1. The Balaban J connectivity index is 1.61. The molecule has 3 aromatic rings. The Morgan fingerprint density at radius 3 is 2.81 bits per heavy atom. The second kappa shape index (κ2) is 8.48. The third-order valence-electron chi connectivity index (χ3n) is 3.60. The van der Waals surface area contributed by atoms with Crippen LogP contribution in [0.1, 0.15) is 18.2 Å². The van der Waals surface area contributed by atoms with Crippen molar-refractivity contribution in [3.8, 4) is 11.4 Å². The Hall–Kier alpha value is -2.87. The van der Waals surface area contributed by atoms with Crippen LogP contribution in [0, 0.1) is 6.92 Å². The van der Waals surface area contributed by atoms with Gasteiger partial charge in [-0.2, -0.15) is 5.10 Å². The number of nitrogens with one attached hydrogen (secondary N) is 1. The van der Waals surface area contributed by atoms with Crippen molar-refractivity contribution in [2.75, 3.05) is 5.75 Å². The zero-order valence-corrected chi connectivity index (χ0v) is 15.4. The van der Waals surface area contributed by atoms with Crippen molar-refractivity contribution in [2.24, 2.45) is 5.10 Å². The van der Waals surface area contributed by atoms with E-state index in [-0.39, 0.29) is 11.7 Å². The number of carbonyl (C=O) groups excluding carboxylic acids is 1. The van der Waals surface area contributed by atoms with Gasteiger partial charge in [0.15, 0.2) is 11.0 Å². The number of hydrazone groups is 1. The summed E-state index contributed by atoms with van der Waals surface area (Å²) in [5, 5.41) is 13.1. The molecule has 0 unspecified atom stereocenters. The van der Waals surface area contributed by atoms with Gasteiger partial charge in [0.2, 0.25) is 0 Å². The van der Waals surface area contributed by atoms with E-state index in [0.29, 0.717) is 10.9 Å². The predicted octanol–water partition coefficient (Wildman–Crippen LogP) is 3.11. The lowest BCUT2D eigenvalue weighted by Gasteiger charge is -2.07. The highest BCUT2D eigenvalue weighted by molar-refractivity contribution is 7.99. The minimum Gasteiger partial charge on any atom is -0.463 e. The van der Waals surface area contributed by atoms with Crippen LogP contribution in [0.15, 0.2) is 57.3 Å². The van der Waals surface area contributed by atoms with Crippen LogP contribution in [0.25, 0.3) is 11.4 Å². The molecule has 2 aromatic heterocycles. The molecule has 0 fully saturated rings. The van der Waals surface area contributed by atoms with Gasteiger partial charge < -0.3 is 8.98 Å². The monoisotopic (exact) mass is 369 g/mol. The molecule has 0 aliphatic heterocycles. The van der Waals surface area contributed by atoms with Crippen LogP contribution in [0.2, 0.25) is 0 Å². The minimum atomic E-state index is -0.222. The van der Waals surface area contributed by atoms with Gasteiger partial charge in [-0.15, -0.1) is 10.2 Å². The van der Waals surface area contributed by atoms with Crippen LogP contribution in [0.5, 0.6) is 0 Å². The smallest absolute Gasteiger partial charge is 0.250 e. The molecule has 0 radical (unpaired) electrons. The Morgan fingerprint density at radius 2 is 2.12 bits per heavy atom. The molecule has 8 heteroatoms. The maximum absolute atomic E-state index is 11.9. The normalized spacial score (nSPS) is 11.2. The number of aromatic nitrogens is 3. The Bertz CT molecular complexity index is 885. The molecule has 1 aromatic carbocycles. The molecule has 26 heavy (non-hydrogen) atoms. The molecule has 0 spiro atoms. The zero-order chi connectivity index (χ0) is 18.4. The number of amides is 1. The molecular formula is C18H19N5O2S. The van der Waals surface area contributed by atoms with Gasteiger partial charge in [0, 0.05) is 12.1 Å². The van der Waals surface area contributed by atoms with E-state index in [4.69, 9.17) is 4.42 Å². The zero-order valence-electron chi connectivity index (χ0n) is 14.5. The quantitative estimate of drug-likeness (QED) is 0.393. The summed E-state index contributed by atoms with van der Waals surface area (Å²) >= 11 is 1.33. The molecule has 0 aliphatic carbocycles. The SMILES string of the molecule is CCn1c(SCC(=O)N/N=C\c2ccco2)nnc1-c1ccc(C)cc1. The lowest BCUT2D eigenvalue weighted by atomic mass is 10.1. The molecule has 7 nitrogen and oxygen atoms in total. The molecule has 0 saturated carbocycles. The fraction of sp³-hybridized carbons (Fsp3) is 0.222. The van der Waals surface area contributed by atoms with Crippen molar-refractivity contribution in [3.05, 3.63) is 54.0 Å². The first kappa shape index (κ1) is 17.9. The number of hydrogen-bond donors (Lipinski definition) is 1. The average Bonchev–Trinajstić information content (AvgIpc) is 3.30. The third-order valence-corrected chi connectivity index (χ3v) is 4.57. The van der Waals surface area contributed by atoms with Gasteiger partial charge in [-0.05, 0) is 26.0 Å². The van der Waals surface area contributed by atoms with Crippen molar-refractivity contribution in [1.29, 1.82) is 0 Å². The van der Waals surface area contributed by atoms with E-state index in [1.54, 1.807) is 18.4 Å². The number of carbonyl (C=O) groups is 1. The summed E-state index contributed by atoms with van der Waals surface area (Å²) in [6.45, 7) is 4.79. The van der Waals surface area contributed by atoms with Crippen molar-refractivity contribution in [1.82, 2.24) is 20.2 Å². The average molecular weight is 369 g/mol. The predicted molar refractivity (Wildman–Crippen MR) is 101 cm³/mol. The second-order valence-electron chi connectivity index (χ2n) is 5.51. The first-order chi connectivity index (χ1) is 12.7. The van der Waals surface area contributed by atoms with Crippen molar-refractivity contribution in [3.63, 3.8) is 0 Å². The van der Waals surface area contributed by atoms with Crippen LogP contribution < -0.4 is 5.43 Å². The molecule has 1 amide bonds. The van der Waals surface area contributed by atoms with E-state index >= 15 is 0 Å². The van der Waals surface area contributed by atoms with Gasteiger partial charge in [-0.1, -0.05) is 41.6 Å². The van der Waals surface area contributed by atoms with Crippen molar-refractivity contribution >= 4 is 23.9 Å². The van der Waals surface area contributed by atoms with E-state index in [1.165, 1.54) is 23.5 Å². The number of benzene rings is 1. The van der Waals surface area contributed by atoms with Crippen LogP contribution in [0.4, 0.5) is 0 Å². The highest BCUT2D eigenvalue weighted by atomic mass is 32.2. The summed E-state index contributed by atoms with van der Waals surface area (Å²) in [6, 6.07) is 11.6. The fourth-order valence-corrected chi connectivity index (χ4v) is 3.09. The van der Waals surface area contributed by atoms with Crippen LogP contribution >= 0.6 is 11.8 Å². The molecule has 3 rings (SSSR count). The van der Waals surface area contributed by atoms with Gasteiger partial charge in [-0.3, -0.25) is 4.79 Å².